The Labute approximate surface area is 161 Å². The van der Waals surface area contributed by atoms with Crippen LogP contribution in [0.5, 0.6) is 17.2 Å². The van der Waals surface area contributed by atoms with Gasteiger partial charge in [-0.05, 0) is 41.0 Å². The summed E-state index contributed by atoms with van der Waals surface area (Å²) in [5, 5.41) is 15.3. The number of ether oxygens (including phenoxy) is 3. The van der Waals surface area contributed by atoms with Crippen LogP contribution in [0.4, 0.5) is 0 Å². The number of nitrogens with one attached hydrogen (secondary N) is 2. The van der Waals surface area contributed by atoms with Crippen molar-refractivity contribution in [3.8, 4) is 17.2 Å². The number of hydrogen-bond donors (Lipinski definition) is 3. The molecular formula is C20H20N2O6. The van der Waals surface area contributed by atoms with Gasteiger partial charge in [0.1, 0.15) is 5.75 Å². The number of rotatable bonds is 5. The van der Waals surface area contributed by atoms with Gasteiger partial charge in [0.2, 0.25) is 6.79 Å². The molecule has 2 amide bonds. The minimum absolute atomic E-state index is 0.0596. The molecule has 0 bridgehead atoms. The number of aliphatic hydroxyl groups is 1. The zero-order valence-electron chi connectivity index (χ0n) is 15.1. The molecule has 0 fully saturated rings. The molecule has 8 nitrogen and oxygen atoms in total. The number of hydrogen-bond acceptors (Lipinski definition) is 6. The standard InChI is InChI=1S/C20H20N2O6/c23-15(13-2-4-16-14(8-13)5-6-26-16)10-22-20(25)19(24)21-9-12-1-3-17-18(7-12)28-11-27-17/h1-4,7-8,15,23H,5-6,9-11H2,(H,21,24)(H,22,25)/t15-/m1/s1. The molecule has 0 aromatic heterocycles. The van der Waals surface area contributed by atoms with E-state index in [9.17, 15) is 14.7 Å². The molecule has 146 valence electrons. The van der Waals surface area contributed by atoms with E-state index in [0.717, 1.165) is 23.3 Å². The highest BCUT2D eigenvalue weighted by atomic mass is 16.7. The van der Waals surface area contributed by atoms with Gasteiger partial charge in [-0.1, -0.05) is 12.1 Å². The van der Waals surface area contributed by atoms with Crippen molar-refractivity contribution in [2.24, 2.45) is 0 Å². The zero-order valence-corrected chi connectivity index (χ0v) is 15.1. The first kappa shape index (κ1) is 18.1. The SMILES string of the molecule is O=C(NCc1ccc2c(c1)OCO2)C(=O)NC[C@@H](O)c1ccc2c(c1)CCO2. The van der Waals surface area contributed by atoms with Gasteiger partial charge in [-0.2, -0.15) is 0 Å². The molecule has 0 saturated carbocycles. The summed E-state index contributed by atoms with van der Waals surface area (Å²) >= 11 is 0. The van der Waals surface area contributed by atoms with Gasteiger partial charge >= 0.3 is 11.8 Å². The van der Waals surface area contributed by atoms with E-state index < -0.39 is 17.9 Å². The number of fused-ring (bicyclic) bond motifs is 2. The molecule has 0 spiro atoms. The maximum Gasteiger partial charge on any atom is 0.309 e. The van der Waals surface area contributed by atoms with Crippen LogP contribution in [0.2, 0.25) is 0 Å². The minimum atomic E-state index is -0.906. The van der Waals surface area contributed by atoms with Crippen LogP contribution in [-0.4, -0.2) is 36.9 Å². The largest absolute Gasteiger partial charge is 0.493 e. The summed E-state index contributed by atoms with van der Waals surface area (Å²) in [4.78, 5) is 24.0. The number of carbonyl (C=O) groups excluding carboxylic acids is 2. The van der Waals surface area contributed by atoms with Crippen LogP contribution in [0, 0.1) is 0 Å². The fourth-order valence-corrected chi connectivity index (χ4v) is 3.11. The van der Waals surface area contributed by atoms with Crippen LogP contribution in [0.25, 0.3) is 0 Å². The molecule has 0 aliphatic carbocycles. The molecule has 2 aliphatic heterocycles. The van der Waals surface area contributed by atoms with Crippen LogP contribution < -0.4 is 24.8 Å². The van der Waals surface area contributed by atoms with Gasteiger partial charge in [0.05, 0.1) is 12.7 Å². The van der Waals surface area contributed by atoms with Crippen LogP contribution in [0.3, 0.4) is 0 Å². The van der Waals surface area contributed by atoms with Crippen molar-refractivity contribution in [3.63, 3.8) is 0 Å². The Balaban J connectivity index is 1.25. The summed E-state index contributed by atoms with van der Waals surface area (Å²) in [7, 11) is 0. The van der Waals surface area contributed by atoms with Gasteiger partial charge < -0.3 is 30.0 Å². The lowest BCUT2D eigenvalue weighted by Gasteiger charge is -2.13. The molecule has 2 aromatic rings. The van der Waals surface area contributed by atoms with E-state index in [-0.39, 0.29) is 19.9 Å². The molecule has 0 saturated heterocycles. The topological polar surface area (TPSA) is 106 Å². The normalized spacial score (nSPS) is 14.8. The quantitative estimate of drug-likeness (QED) is 0.659. The first-order valence-electron chi connectivity index (χ1n) is 8.98. The lowest BCUT2D eigenvalue weighted by molar-refractivity contribution is -0.139. The first-order chi connectivity index (χ1) is 13.6. The first-order valence-corrected chi connectivity index (χ1v) is 8.98. The van der Waals surface area contributed by atoms with Gasteiger partial charge in [0, 0.05) is 19.5 Å². The smallest absolute Gasteiger partial charge is 0.309 e. The Morgan fingerprint density at radius 3 is 2.64 bits per heavy atom. The highest BCUT2D eigenvalue weighted by molar-refractivity contribution is 6.35. The number of carbonyl (C=O) groups is 2. The molecule has 8 heteroatoms. The Hall–Kier alpha value is -3.26. The highest BCUT2D eigenvalue weighted by Gasteiger charge is 2.19. The predicted molar refractivity (Wildman–Crippen MR) is 98.0 cm³/mol. The van der Waals surface area contributed by atoms with Crippen molar-refractivity contribution >= 4 is 11.8 Å². The van der Waals surface area contributed by atoms with Gasteiger partial charge in [-0.3, -0.25) is 9.59 Å². The predicted octanol–water partition coefficient (Wildman–Crippen LogP) is 0.816. The third-order valence-electron chi connectivity index (χ3n) is 4.65. The lowest BCUT2D eigenvalue weighted by atomic mass is 10.0. The summed E-state index contributed by atoms with van der Waals surface area (Å²) in [5.41, 5.74) is 2.49. The van der Waals surface area contributed by atoms with E-state index >= 15 is 0 Å². The van der Waals surface area contributed by atoms with Crippen molar-refractivity contribution in [2.75, 3.05) is 19.9 Å². The van der Waals surface area contributed by atoms with E-state index in [1.54, 1.807) is 30.3 Å². The Bertz CT molecular complexity index is 914. The van der Waals surface area contributed by atoms with Gasteiger partial charge in [-0.25, -0.2) is 0 Å². The summed E-state index contributed by atoms with van der Waals surface area (Å²) in [6.07, 6.45) is -0.110. The van der Waals surface area contributed by atoms with Crippen LogP contribution in [-0.2, 0) is 22.6 Å². The molecule has 2 heterocycles. The second-order valence-electron chi connectivity index (χ2n) is 6.56. The van der Waals surface area contributed by atoms with Gasteiger partial charge in [0.25, 0.3) is 0 Å². The molecule has 28 heavy (non-hydrogen) atoms. The number of amides is 2. The minimum Gasteiger partial charge on any atom is -0.493 e. The summed E-state index contributed by atoms with van der Waals surface area (Å²) in [5.74, 6) is 0.512. The lowest BCUT2D eigenvalue weighted by Crippen LogP contribution is -2.41. The number of benzene rings is 2. The fraction of sp³-hybridized carbons (Fsp3) is 0.300. The maximum atomic E-state index is 12.0. The molecule has 2 aliphatic rings. The van der Waals surface area contributed by atoms with E-state index in [4.69, 9.17) is 14.2 Å². The van der Waals surface area contributed by atoms with Crippen molar-refractivity contribution < 1.29 is 28.9 Å². The molecule has 0 radical (unpaired) electrons. The summed E-state index contributed by atoms with van der Waals surface area (Å²) in [6, 6.07) is 10.7. The average molecular weight is 384 g/mol. The van der Waals surface area contributed by atoms with Crippen LogP contribution in [0.15, 0.2) is 36.4 Å². The summed E-state index contributed by atoms with van der Waals surface area (Å²) < 4.78 is 15.9. The second kappa shape index (κ2) is 7.77. The Morgan fingerprint density at radius 2 is 1.75 bits per heavy atom. The highest BCUT2D eigenvalue weighted by Crippen LogP contribution is 2.32. The molecule has 1 atom stereocenters. The van der Waals surface area contributed by atoms with Crippen LogP contribution >= 0.6 is 0 Å². The van der Waals surface area contributed by atoms with Crippen molar-refractivity contribution in [1.82, 2.24) is 10.6 Å². The Morgan fingerprint density at radius 1 is 0.964 bits per heavy atom. The fourth-order valence-electron chi connectivity index (χ4n) is 3.11. The third-order valence-corrected chi connectivity index (χ3v) is 4.65. The van der Waals surface area contributed by atoms with E-state index in [2.05, 4.69) is 10.6 Å². The van der Waals surface area contributed by atoms with Crippen molar-refractivity contribution in [2.45, 2.75) is 19.1 Å². The molecular weight excluding hydrogens is 364 g/mol. The molecule has 3 N–H and O–H groups in total. The van der Waals surface area contributed by atoms with E-state index in [0.29, 0.717) is 23.7 Å². The average Bonchev–Trinajstić information content (AvgIpc) is 3.37. The Kier molecular flexibility index (Phi) is 5.03. The monoisotopic (exact) mass is 384 g/mol. The second-order valence-corrected chi connectivity index (χ2v) is 6.56. The van der Waals surface area contributed by atoms with E-state index in [1.807, 2.05) is 6.07 Å². The van der Waals surface area contributed by atoms with Gasteiger partial charge in [0.15, 0.2) is 11.5 Å². The maximum absolute atomic E-state index is 12.0. The molecule has 2 aromatic carbocycles. The van der Waals surface area contributed by atoms with E-state index in [1.165, 1.54) is 0 Å². The van der Waals surface area contributed by atoms with Crippen molar-refractivity contribution in [3.05, 3.63) is 53.1 Å². The van der Waals surface area contributed by atoms with Gasteiger partial charge in [-0.15, -0.1) is 0 Å². The van der Waals surface area contributed by atoms with Crippen LogP contribution in [0.1, 0.15) is 22.8 Å². The summed E-state index contributed by atoms with van der Waals surface area (Å²) in [6.45, 7) is 0.925. The van der Waals surface area contributed by atoms with Crippen molar-refractivity contribution in [1.29, 1.82) is 0 Å². The zero-order chi connectivity index (χ0) is 19.5. The molecule has 0 unspecified atom stereocenters. The third kappa shape index (κ3) is 3.86. The number of aliphatic hydroxyl groups excluding tert-OH is 1. The molecule has 4 rings (SSSR count).